The van der Waals surface area contributed by atoms with Gasteiger partial charge in [-0.1, -0.05) is 12.1 Å². The fourth-order valence-corrected chi connectivity index (χ4v) is 4.03. The monoisotopic (exact) mass is 499 g/mol. The maximum Gasteiger partial charge on any atom is 0.411 e. The Kier molecular flexibility index (Phi) is 8.65. The lowest BCUT2D eigenvalue weighted by molar-refractivity contribution is 0.102. The number of benzene rings is 3. The topological polar surface area (TPSA) is 132 Å². The maximum atomic E-state index is 12.8. The van der Waals surface area contributed by atoms with Gasteiger partial charge in [0.05, 0.1) is 18.6 Å². The van der Waals surface area contributed by atoms with Gasteiger partial charge < -0.3 is 19.5 Å². The molecule has 0 saturated heterocycles. The fraction of sp³-hybridized carbons (Fsp3) is 0.167. The van der Waals surface area contributed by atoms with Crippen LogP contribution in [0.5, 0.6) is 5.75 Å². The summed E-state index contributed by atoms with van der Waals surface area (Å²) in [6, 6.07) is 18.5. The molecule has 10 nitrogen and oxygen atoms in total. The molecule has 2 amide bonds. The summed E-state index contributed by atoms with van der Waals surface area (Å²) in [5, 5.41) is 5.24. The van der Waals surface area contributed by atoms with Gasteiger partial charge in [0.1, 0.15) is 12.4 Å². The molecule has 0 fully saturated rings. The predicted molar refractivity (Wildman–Crippen MR) is 131 cm³/mol. The van der Waals surface area contributed by atoms with Crippen molar-refractivity contribution in [3.63, 3.8) is 0 Å². The summed E-state index contributed by atoms with van der Waals surface area (Å²) < 4.78 is 42.9. The van der Waals surface area contributed by atoms with Gasteiger partial charge in [-0.3, -0.25) is 14.8 Å². The first kappa shape index (κ1) is 25.5. The number of ether oxygens (including phenoxy) is 3. The van der Waals surface area contributed by atoms with E-state index in [1.807, 2.05) is 0 Å². The Morgan fingerprint density at radius 3 is 2.17 bits per heavy atom. The minimum absolute atomic E-state index is 0.0739. The average molecular weight is 500 g/mol. The third-order valence-electron chi connectivity index (χ3n) is 4.64. The van der Waals surface area contributed by atoms with E-state index >= 15 is 0 Å². The zero-order chi connectivity index (χ0) is 25.3. The standard InChI is InChI=1S/C24H25N3O7S/c1-32-13-14-34-24(29)26-20-7-4-6-19(16-20)25-23(28)17-5-3-8-22(15-17)35(30,31)27-18-9-11-21(33-2)12-10-18/h3-12,15-16,27H,13-14H2,1-2H3,(H,25,28)(H,26,29). The van der Waals surface area contributed by atoms with Crippen LogP contribution in [0.3, 0.4) is 0 Å². The lowest BCUT2D eigenvalue weighted by Crippen LogP contribution is -2.17. The first-order valence-electron chi connectivity index (χ1n) is 10.4. The molecule has 0 atom stereocenters. The van der Waals surface area contributed by atoms with Crippen molar-refractivity contribution in [3.8, 4) is 5.75 Å². The molecule has 3 N–H and O–H groups in total. The summed E-state index contributed by atoms with van der Waals surface area (Å²) in [4.78, 5) is 24.5. The molecule has 0 aliphatic carbocycles. The largest absolute Gasteiger partial charge is 0.497 e. The molecule has 11 heteroatoms. The summed E-state index contributed by atoms with van der Waals surface area (Å²) in [5.74, 6) is 0.0696. The first-order valence-corrected chi connectivity index (χ1v) is 11.9. The number of sulfonamides is 1. The van der Waals surface area contributed by atoms with E-state index in [0.717, 1.165) is 0 Å². The molecular formula is C24H25N3O7S. The van der Waals surface area contributed by atoms with Gasteiger partial charge in [-0.2, -0.15) is 0 Å². The van der Waals surface area contributed by atoms with Crippen molar-refractivity contribution in [2.45, 2.75) is 4.90 Å². The maximum absolute atomic E-state index is 12.8. The highest BCUT2D eigenvalue weighted by Gasteiger charge is 2.17. The lowest BCUT2D eigenvalue weighted by atomic mass is 10.2. The van der Waals surface area contributed by atoms with Crippen molar-refractivity contribution in [1.82, 2.24) is 0 Å². The van der Waals surface area contributed by atoms with E-state index < -0.39 is 22.0 Å². The van der Waals surface area contributed by atoms with Crippen LogP contribution >= 0.6 is 0 Å². The highest BCUT2D eigenvalue weighted by Crippen LogP contribution is 2.21. The Bertz CT molecular complexity index is 1280. The smallest absolute Gasteiger partial charge is 0.411 e. The lowest BCUT2D eigenvalue weighted by Gasteiger charge is -2.11. The molecule has 0 unspecified atom stereocenters. The molecule has 184 valence electrons. The van der Waals surface area contributed by atoms with E-state index in [-0.39, 0.29) is 23.7 Å². The highest BCUT2D eigenvalue weighted by atomic mass is 32.2. The van der Waals surface area contributed by atoms with Crippen LogP contribution in [0, 0.1) is 0 Å². The molecule has 35 heavy (non-hydrogen) atoms. The van der Waals surface area contributed by atoms with E-state index in [1.165, 1.54) is 38.5 Å². The number of carbonyl (C=O) groups is 2. The Morgan fingerprint density at radius 1 is 0.800 bits per heavy atom. The summed E-state index contributed by atoms with van der Waals surface area (Å²) in [6.45, 7) is 0.374. The van der Waals surface area contributed by atoms with Crippen molar-refractivity contribution < 1.29 is 32.2 Å². The molecule has 0 saturated carbocycles. The van der Waals surface area contributed by atoms with Crippen LogP contribution in [0.4, 0.5) is 21.9 Å². The molecule has 0 heterocycles. The molecule has 3 rings (SSSR count). The van der Waals surface area contributed by atoms with Crippen molar-refractivity contribution in [2.24, 2.45) is 0 Å². The van der Waals surface area contributed by atoms with Crippen molar-refractivity contribution in [1.29, 1.82) is 0 Å². The number of nitrogens with one attached hydrogen (secondary N) is 3. The zero-order valence-corrected chi connectivity index (χ0v) is 19.9. The third-order valence-corrected chi connectivity index (χ3v) is 6.02. The summed E-state index contributed by atoms with van der Waals surface area (Å²) in [7, 11) is -0.922. The van der Waals surface area contributed by atoms with Gasteiger partial charge in [-0.05, 0) is 60.7 Å². The number of hydrogen-bond acceptors (Lipinski definition) is 7. The second kappa shape index (κ2) is 11.9. The van der Waals surface area contributed by atoms with E-state index in [2.05, 4.69) is 15.4 Å². The normalized spacial score (nSPS) is 10.8. The Labute approximate surface area is 203 Å². The number of methoxy groups -OCH3 is 2. The number of rotatable bonds is 10. The molecule has 0 spiro atoms. The van der Waals surface area contributed by atoms with Gasteiger partial charge >= 0.3 is 6.09 Å². The number of amides is 2. The second-order valence-electron chi connectivity index (χ2n) is 7.15. The Morgan fingerprint density at radius 2 is 1.49 bits per heavy atom. The van der Waals surface area contributed by atoms with Gasteiger partial charge in [0.2, 0.25) is 0 Å². The minimum atomic E-state index is -3.93. The van der Waals surface area contributed by atoms with Gasteiger partial charge in [0.25, 0.3) is 15.9 Å². The van der Waals surface area contributed by atoms with Crippen LogP contribution in [-0.2, 0) is 19.5 Å². The van der Waals surface area contributed by atoms with Crippen LogP contribution < -0.4 is 20.1 Å². The molecule has 0 aliphatic rings. The average Bonchev–Trinajstić information content (AvgIpc) is 2.85. The SMILES string of the molecule is COCCOC(=O)Nc1cccc(NC(=O)c2cccc(S(=O)(=O)Nc3ccc(OC)cc3)c2)c1. The van der Waals surface area contributed by atoms with Crippen molar-refractivity contribution in [3.05, 3.63) is 78.4 Å². The minimum Gasteiger partial charge on any atom is -0.497 e. The van der Waals surface area contributed by atoms with Crippen LogP contribution in [0.1, 0.15) is 10.4 Å². The Hall–Kier alpha value is -4.09. The third kappa shape index (κ3) is 7.45. The molecule has 0 aliphatic heterocycles. The molecule has 0 radical (unpaired) electrons. The fourth-order valence-electron chi connectivity index (χ4n) is 2.93. The predicted octanol–water partition coefficient (Wildman–Crippen LogP) is 3.94. The van der Waals surface area contributed by atoms with Crippen LogP contribution in [0.15, 0.2) is 77.7 Å². The number of hydrogen-bond donors (Lipinski definition) is 3. The molecule has 3 aromatic rings. The first-order chi connectivity index (χ1) is 16.8. The van der Waals surface area contributed by atoms with Crippen LogP contribution in [0.2, 0.25) is 0 Å². The molecule has 0 bridgehead atoms. The second-order valence-corrected chi connectivity index (χ2v) is 8.83. The Balaban J connectivity index is 1.68. The number of anilines is 3. The van der Waals surface area contributed by atoms with Crippen LogP contribution in [-0.4, -0.2) is 47.9 Å². The van der Waals surface area contributed by atoms with E-state index in [4.69, 9.17) is 14.2 Å². The van der Waals surface area contributed by atoms with Gasteiger partial charge in [-0.15, -0.1) is 0 Å². The van der Waals surface area contributed by atoms with Crippen molar-refractivity contribution in [2.75, 3.05) is 42.8 Å². The summed E-state index contributed by atoms with van der Waals surface area (Å²) in [6.07, 6.45) is -0.659. The summed E-state index contributed by atoms with van der Waals surface area (Å²) >= 11 is 0. The highest BCUT2D eigenvalue weighted by molar-refractivity contribution is 7.92. The van der Waals surface area contributed by atoms with Gasteiger partial charge in [0.15, 0.2) is 0 Å². The zero-order valence-electron chi connectivity index (χ0n) is 19.1. The molecule has 0 aromatic heterocycles. The van der Waals surface area contributed by atoms with E-state index in [1.54, 1.807) is 48.5 Å². The van der Waals surface area contributed by atoms with E-state index in [0.29, 0.717) is 22.8 Å². The molecule has 3 aromatic carbocycles. The van der Waals surface area contributed by atoms with Gasteiger partial charge in [0, 0.05) is 29.7 Å². The van der Waals surface area contributed by atoms with Gasteiger partial charge in [-0.25, -0.2) is 13.2 Å². The van der Waals surface area contributed by atoms with E-state index in [9.17, 15) is 18.0 Å². The quantitative estimate of drug-likeness (QED) is 0.360. The molecular weight excluding hydrogens is 474 g/mol. The van der Waals surface area contributed by atoms with Crippen LogP contribution in [0.25, 0.3) is 0 Å². The van der Waals surface area contributed by atoms with Crippen molar-refractivity contribution >= 4 is 39.1 Å². The number of carbonyl (C=O) groups excluding carboxylic acids is 2. The summed E-state index contributed by atoms with van der Waals surface area (Å²) in [5.41, 5.74) is 1.30.